The Balaban J connectivity index is 4.45. The first-order valence-electron chi connectivity index (χ1n) is 6.80. The molecule has 2 atom stereocenters. The molecular formula is C13H20N3O7+. The second-order valence-corrected chi connectivity index (χ2v) is 4.86. The Morgan fingerprint density at radius 1 is 1.22 bits per heavy atom. The van der Waals surface area contributed by atoms with Crippen LogP contribution in [0.25, 0.3) is 0 Å². The summed E-state index contributed by atoms with van der Waals surface area (Å²) in [6.45, 7) is 4.52. The quantitative estimate of drug-likeness (QED) is 0.181. The molecule has 0 radical (unpaired) electrons. The average Bonchev–Trinajstić information content (AvgIpc) is 2.42. The van der Waals surface area contributed by atoms with Crippen LogP contribution in [-0.4, -0.2) is 52.3 Å². The van der Waals surface area contributed by atoms with Crippen LogP contribution in [0.1, 0.15) is 33.6 Å². The number of carboxylic acids is 1. The largest absolute Gasteiger partial charge is 0.480 e. The van der Waals surface area contributed by atoms with E-state index in [0.717, 1.165) is 6.21 Å². The molecule has 0 aliphatic heterocycles. The third-order valence-corrected chi connectivity index (χ3v) is 2.50. The van der Waals surface area contributed by atoms with Gasteiger partial charge in [-0.1, -0.05) is 13.8 Å². The van der Waals surface area contributed by atoms with Crippen molar-refractivity contribution in [2.75, 3.05) is 0 Å². The number of carbonyl (C=O) groups is 4. The van der Waals surface area contributed by atoms with Crippen LogP contribution in [-0.2, 0) is 23.9 Å². The van der Waals surface area contributed by atoms with Gasteiger partial charge in [0, 0.05) is 13.3 Å². The molecule has 1 amide bonds. The molecule has 1 unspecified atom stereocenters. The molecule has 0 bridgehead atoms. The number of nitrogens with one attached hydrogen (secondary N) is 2. The predicted octanol–water partition coefficient (Wildman–Crippen LogP) is 0.370. The second kappa shape index (κ2) is 10.1. The number of aliphatic carboxylic acids is 1. The third-order valence-electron chi connectivity index (χ3n) is 2.50. The Bertz CT molecular complexity index is 512. The smallest absolute Gasteiger partial charge is 0.410 e. The van der Waals surface area contributed by atoms with Crippen molar-refractivity contribution in [1.82, 2.24) is 5.32 Å². The summed E-state index contributed by atoms with van der Waals surface area (Å²) in [6, 6.07) is -1.36. The Hall–Kier alpha value is -2.74. The van der Waals surface area contributed by atoms with E-state index in [9.17, 15) is 19.2 Å². The van der Waals surface area contributed by atoms with E-state index in [-0.39, 0.29) is 12.8 Å². The fraction of sp³-hybridized carbons (Fsp3) is 0.615. The van der Waals surface area contributed by atoms with Crippen molar-refractivity contribution in [3.05, 3.63) is 0 Å². The summed E-state index contributed by atoms with van der Waals surface area (Å²) in [5.41, 5.74) is 6.48. The third kappa shape index (κ3) is 8.99. The lowest BCUT2D eigenvalue weighted by atomic mass is 10.1. The Morgan fingerprint density at radius 2 is 1.83 bits per heavy atom. The molecule has 0 aromatic carbocycles. The summed E-state index contributed by atoms with van der Waals surface area (Å²) in [6.07, 6.45) is -1.95. The maximum atomic E-state index is 11.6. The van der Waals surface area contributed by atoms with Gasteiger partial charge in [-0.05, 0) is 6.42 Å². The molecule has 128 valence electrons. The number of carboxylic acid groups (broad SMARTS) is 1. The minimum atomic E-state index is -1.36. The highest BCUT2D eigenvalue weighted by Crippen LogP contribution is 2.04. The van der Waals surface area contributed by atoms with Gasteiger partial charge in [0.2, 0.25) is 12.1 Å². The van der Waals surface area contributed by atoms with Gasteiger partial charge >= 0.3 is 24.2 Å². The summed E-state index contributed by atoms with van der Waals surface area (Å²) in [5, 5.41) is 11.0. The first kappa shape index (κ1) is 20.3. The van der Waals surface area contributed by atoms with Crippen LogP contribution >= 0.6 is 0 Å². The normalized spacial score (nSPS) is 12.5. The summed E-state index contributed by atoms with van der Waals surface area (Å²) in [7, 11) is 0. The summed E-state index contributed by atoms with van der Waals surface area (Å²) in [4.78, 5) is 47.8. The van der Waals surface area contributed by atoms with Crippen LogP contribution in [0, 0.1) is 11.4 Å². The molecule has 0 aliphatic rings. The van der Waals surface area contributed by atoms with Crippen molar-refractivity contribution < 1.29 is 38.5 Å². The van der Waals surface area contributed by atoms with Gasteiger partial charge in [0.1, 0.15) is 6.04 Å². The Labute approximate surface area is 132 Å². The van der Waals surface area contributed by atoms with E-state index in [0.29, 0.717) is 0 Å². The lowest BCUT2D eigenvalue weighted by Gasteiger charge is -2.18. The van der Waals surface area contributed by atoms with Gasteiger partial charge in [0.25, 0.3) is 0 Å². The number of hydrogen-bond acceptors (Lipinski definition) is 7. The SMILES string of the molecule is CC(OC(=O)N[C@@H](CCC(=O)C=[N+]=N)C(=O)O)OC(=O)C(C)C. The van der Waals surface area contributed by atoms with E-state index in [1.165, 1.54) is 6.92 Å². The molecule has 0 saturated carbocycles. The van der Waals surface area contributed by atoms with E-state index in [1.54, 1.807) is 13.8 Å². The zero-order valence-electron chi connectivity index (χ0n) is 13.1. The number of alkyl carbamates (subject to hydrolysis) is 1. The van der Waals surface area contributed by atoms with E-state index in [2.05, 4.69) is 10.1 Å². The maximum Gasteiger partial charge on any atom is 0.410 e. The lowest BCUT2D eigenvalue weighted by Crippen LogP contribution is -2.42. The monoisotopic (exact) mass is 330 g/mol. The highest BCUT2D eigenvalue weighted by atomic mass is 16.7. The molecule has 0 heterocycles. The van der Waals surface area contributed by atoms with Crippen molar-refractivity contribution in [1.29, 1.82) is 5.53 Å². The van der Waals surface area contributed by atoms with Crippen LogP contribution in [0.2, 0.25) is 0 Å². The molecule has 0 rings (SSSR count). The van der Waals surface area contributed by atoms with Gasteiger partial charge in [-0.3, -0.25) is 9.59 Å². The topological polar surface area (TPSA) is 157 Å². The van der Waals surface area contributed by atoms with Crippen LogP contribution in [0.3, 0.4) is 0 Å². The maximum absolute atomic E-state index is 11.6. The van der Waals surface area contributed by atoms with Gasteiger partial charge in [0.15, 0.2) is 0 Å². The van der Waals surface area contributed by atoms with E-state index in [1.807, 2.05) is 0 Å². The van der Waals surface area contributed by atoms with Crippen LogP contribution in [0.15, 0.2) is 0 Å². The van der Waals surface area contributed by atoms with Crippen molar-refractivity contribution in [3.8, 4) is 0 Å². The second-order valence-electron chi connectivity index (χ2n) is 4.86. The summed E-state index contributed by atoms with van der Waals surface area (Å²) in [5.74, 6) is -2.87. The molecular weight excluding hydrogens is 310 g/mol. The highest BCUT2D eigenvalue weighted by Gasteiger charge is 2.24. The van der Waals surface area contributed by atoms with Crippen molar-refractivity contribution in [2.24, 2.45) is 5.92 Å². The average molecular weight is 330 g/mol. The van der Waals surface area contributed by atoms with E-state index < -0.39 is 42.1 Å². The Morgan fingerprint density at radius 3 is 2.30 bits per heavy atom. The number of carbonyl (C=O) groups excluding carboxylic acids is 3. The van der Waals surface area contributed by atoms with E-state index in [4.69, 9.17) is 20.1 Å². The number of amides is 1. The fourth-order valence-corrected chi connectivity index (χ4v) is 1.33. The highest BCUT2D eigenvalue weighted by molar-refractivity contribution is 6.25. The standard InChI is InChI=1S/C13H19N3O7/c1-7(2)12(20)22-8(3)23-13(21)16-10(11(18)19)5-4-9(17)6-15-14/h6-8,10,14H,4-5H2,1-3H3,(H-,16,18,19,21)/p+1/t8?,10-/m0/s1. The summed E-state index contributed by atoms with van der Waals surface area (Å²) >= 11 is 0. The van der Waals surface area contributed by atoms with E-state index >= 15 is 0 Å². The van der Waals surface area contributed by atoms with Gasteiger partial charge < -0.3 is 19.9 Å². The van der Waals surface area contributed by atoms with Gasteiger partial charge in [-0.2, -0.15) is 0 Å². The minimum Gasteiger partial charge on any atom is -0.480 e. The molecule has 10 nitrogen and oxygen atoms in total. The molecule has 0 fully saturated rings. The molecule has 10 heteroatoms. The number of ether oxygens (including phenoxy) is 2. The number of Topliss-reactive ketones (excluding diaryl/α,β-unsaturated/α-hetero) is 1. The molecule has 0 spiro atoms. The zero-order chi connectivity index (χ0) is 18.0. The van der Waals surface area contributed by atoms with Crippen LogP contribution in [0.4, 0.5) is 4.79 Å². The zero-order valence-corrected chi connectivity index (χ0v) is 13.1. The molecule has 0 saturated heterocycles. The number of nitrogens with zero attached hydrogens (tertiary/aromatic N) is 1. The molecule has 0 aromatic heterocycles. The number of esters is 1. The fourth-order valence-electron chi connectivity index (χ4n) is 1.33. The van der Waals surface area contributed by atoms with Crippen molar-refractivity contribution in [3.63, 3.8) is 0 Å². The minimum absolute atomic E-state index is 0.199. The number of hydrogen-bond donors (Lipinski definition) is 3. The molecule has 3 N–H and O–H groups in total. The summed E-state index contributed by atoms with van der Waals surface area (Å²) < 4.78 is 9.50. The number of ketones is 1. The predicted molar refractivity (Wildman–Crippen MR) is 74.7 cm³/mol. The molecule has 0 aromatic rings. The Kier molecular flexibility index (Phi) is 8.87. The van der Waals surface area contributed by atoms with Crippen LogP contribution in [0.5, 0.6) is 0 Å². The van der Waals surface area contributed by atoms with Gasteiger partial charge in [-0.25, -0.2) is 9.59 Å². The molecule has 0 aliphatic carbocycles. The van der Waals surface area contributed by atoms with Crippen molar-refractivity contribution >= 4 is 30.0 Å². The van der Waals surface area contributed by atoms with Gasteiger partial charge in [-0.15, -0.1) is 0 Å². The van der Waals surface area contributed by atoms with Crippen molar-refractivity contribution in [2.45, 2.75) is 45.9 Å². The van der Waals surface area contributed by atoms with Gasteiger partial charge in [0.05, 0.1) is 16.2 Å². The first-order chi connectivity index (χ1) is 10.7. The molecule has 23 heavy (non-hydrogen) atoms. The number of rotatable bonds is 9. The lowest BCUT2D eigenvalue weighted by molar-refractivity contribution is -0.169. The first-order valence-corrected chi connectivity index (χ1v) is 6.80. The van der Waals surface area contributed by atoms with Crippen LogP contribution < -0.4 is 5.32 Å².